The monoisotopic (exact) mass is 317 g/mol. The van der Waals surface area contributed by atoms with Gasteiger partial charge in [0.1, 0.15) is 5.75 Å². The molecule has 0 atom stereocenters. The molecule has 0 heterocycles. The van der Waals surface area contributed by atoms with E-state index in [-0.39, 0.29) is 6.29 Å². The highest BCUT2D eigenvalue weighted by Crippen LogP contribution is 2.27. The van der Waals surface area contributed by atoms with Crippen molar-refractivity contribution in [3.63, 3.8) is 0 Å². The van der Waals surface area contributed by atoms with Crippen LogP contribution in [0.2, 0.25) is 0 Å². The fourth-order valence-electron chi connectivity index (χ4n) is 1.52. The number of rotatable bonds is 8. The minimum absolute atomic E-state index is 0.221. The van der Waals surface area contributed by atoms with Gasteiger partial charge in [-0.1, -0.05) is 0 Å². The number of hydrogen-bond donors (Lipinski definition) is 1. The van der Waals surface area contributed by atoms with Crippen LogP contribution < -0.4 is 10.1 Å². The highest BCUT2D eigenvalue weighted by Gasteiger charge is 2.08. The molecule has 0 saturated carbocycles. The molecule has 0 bridgehead atoms. The molecule has 0 amide bonds. The zero-order valence-corrected chi connectivity index (χ0v) is 12.6. The van der Waals surface area contributed by atoms with Gasteiger partial charge in [0.25, 0.3) is 0 Å². The van der Waals surface area contributed by atoms with Crippen molar-refractivity contribution in [3.05, 3.63) is 22.7 Å². The van der Waals surface area contributed by atoms with Crippen LogP contribution in [0.1, 0.15) is 13.8 Å². The Morgan fingerprint density at radius 2 is 1.89 bits per heavy atom. The van der Waals surface area contributed by atoms with Gasteiger partial charge in [0.05, 0.1) is 18.1 Å². The Hall–Kier alpha value is -0.780. The van der Waals surface area contributed by atoms with Crippen LogP contribution in [0.4, 0.5) is 5.69 Å². The van der Waals surface area contributed by atoms with Gasteiger partial charge in [-0.2, -0.15) is 0 Å². The summed E-state index contributed by atoms with van der Waals surface area (Å²) >= 11 is 3.45. The predicted molar refractivity (Wildman–Crippen MR) is 76.2 cm³/mol. The van der Waals surface area contributed by atoms with Crippen LogP contribution in [-0.2, 0) is 9.47 Å². The Morgan fingerprint density at radius 1 is 1.22 bits per heavy atom. The van der Waals surface area contributed by atoms with Crippen molar-refractivity contribution in [1.29, 1.82) is 0 Å². The summed E-state index contributed by atoms with van der Waals surface area (Å²) in [6.07, 6.45) is -0.221. The van der Waals surface area contributed by atoms with Gasteiger partial charge in [-0.3, -0.25) is 0 Å². The first-order valence-corrected chi connectivity index (χ1v) is 6.81. The molecular formula is C13H20BrNO3. The highest BCUT2D eigenvalue weighted by atomic mass is 79.9. The fourth-order valence-corrected chi connectivity index (χ4v) is 2.06. The smallest absolute Gasteiger partial charge is 0.174 e. The summed E-state index contributed by atoms with van der Waals surface area (Å²) in [5.74, 6) is 0.812. The van der Waals surface area contributed by atoms with E-state index in [9.17, 15) is 0 Å². The summed E-state index contributed by atoms with van der Waals surface area (Å²) in [6, 6.07) is 5.83. The zero-order chi connectivity index (χ0) is 13.4. The van der Waals surface area contributed by atoms with Crippen molar-refractivity contribution in [3.8, 4) is 5.75 Å². The third-order valence-electron chi connectivity index (χ3n) is 2.33. The second kappa shape index (κ2) is 8.34. The largest absolute Gasteiger partial charge is 0.496 e. The molecular weight excluding hydrogens is 298 g/mol. The van der Waals surface area contributed by atoms with Crippen molar-refractivity contribution in [2.75, 3.05) is 32.2 Å². The fraction of sp³-hybridized carbons (Fsp3) is 0.538. The lowest BCUT2D eigenvalue weighted by molar-refractivity contribution is -0.126. The second-order valence-electron chi connectivity index (χ2n) is 3.57. The van der Waals surface area contributed by atoms with Crippen LogP contribution in [0.3, 0.4) is 0 Å². The van der Waals surface area contributed by atoms with Crippen molar-refractivity contribution >= 4 is 21.6 Å². The van der Waals surface area contributed by atoms with Crippen LogP contribution in [0.15, 0.2) is 22.7 Å². The Balaban J connectivity index is 2.53. The third-order valence-corrected chi connectivity index (χ3v) is 2.95. The van der Waals surface area contributed by atoms with E-state index in [1.807, 2.05) is 32.0 Å². The van der Waals surface area contributed by atoms with E-state index >= 15 is 0 Å². The zero-order valence-electron chi connectivity index (χ0n) is 11.0. The normalized spacial score (nSPS) is 10.7. The molecule has 1 N–H and O–H groups in total. The van der Waals surface area contributed by atoms with Crippen LogP contribution in [0, 0.1) is 0 Å². The minimum atomic E-state index is -0.221. The third kappa shape index (κ3) is 4.84. The standard InChI is InChI=1S/C13H20BrNO3/c1-4-17-13(18-5-2)9-15-10-6-7-12(16-3)11(14)8-10/h6-8,13,15H,4-5,9H2,1-3H3. The number of nitrogens with one attached hydrogen (secondary N) is 1. The van der Waals surface area contributed by atoms with E-state index in [4.69, 9.17) is 14.2 Å². The van der Waals surface area contributed by atoms with Gasteiger partial charge in [0, 0.05) is 18.9 Å². The van der Waals surface area contributed by atoms with E-state index in [1.165, 1.54) is 0 Å². The predicted octanol–water partition coefficient (Wildman–Crippen LogP) is 3.27. The first-order valence-electron chi connectivity index (χ1n) is 6.01. The van der Waals surface area contributed by atoms with Gasteiger partial charge < -0.3 is 19.5 Å². The highest BCUT2D eigenvalue weighted by molar-refractivity contribution is 9.10. The van der Waals surface area contributed by atoms with Crippen LogP contribution in [0.25, 0.3) is 0 Å². The van der Waals surface area contributed by atoms with Gasteiger partial charge in [-0.05, 0) is 48.0 Å². The molecule has 5 heteroatoms. The maximum atomic E-state index is 5.46. The Kier molecular flexibility index (Phi) is 7.08. The molecule has 0 radical (unpaired) electrons. The Labute approximate surface area is 117 Å². The average molecular weight is 318 g/mol. The van der Waals surface area contributed by atoms with Crippen molar-refractivity contribution in [2.24, 2.45) is 0 Å². The first-order chi connectivity index (χ1) is 8.71. The summed E-state index contributed by atoms with van der Waals surface area (Å²) in [5, 5.41) is 3.27. The molecule has 102 valence electrons. The molecule has 18 heavy (non-hydrogen) atoms. The second-order valence-corrected chi connectivity index (χ2v) is 4.42. The van der Waals surface area contributed by atoms with Gasteiger partial charge in [-0.25, -0.2) is 0 Å². The maximum absolute atomic E-state index is 5.46. The number of ether oxygens (including phenoxy) is 3. The van der Waals surface area contributed by atoms with Gasteiger partial charge in [0.2, 0.25) is 0 Å². The molecule has 0 aliphatic heterocycles. The van der Waals surface area contributed by atoms with Gasteiger partial charge in [0.15, 0.2) is 6.29 Å². The lowest BCUT2D eigenvalue weighted by atomic mass is 10.3. The number of benzene rings is 1. The molecule has 0 spiro atoms. The van der Waals surface area contributed by atoms with E-state index in [1.54, 1.807) is 7.11 Å². The Morgan fingerprint density at radius 3 is 2.39 bits per heavy atom. The molecule has 0 saturated heterocycles. The van der Waals surface area contributed by atoms with Gasteiger partial charge >= 0.3 is 0 Å². The molecule has 0 fully saturated rings. The van der Waals surface area contributed by atoms with E-state index in [0.29, 0.717) is 19.8 Å². The quantitative estimate of drug-likeness (QED) is 0.747. The first kappa shape index (κ1) is 15.3. The molecule has 1 aromatic carbocycles. The summed E-state index contributed by atoms with van der Waals surface area (Å²) in [7, 11) is 1.65. The summed E-state index contributed by atoms with van der Waals surface area (Å²) < 4.78 is 17.0. The maximum Gasteiger partial charge on any atom is 0.174 e. The molecule has 0 aliphatic carbocycles. The average Bonchev–Trinajstić information content (AvgIpc) is 2.36. The molecule has 4 nitrogen and oxygen atoms in total. The number of hydrogen-bond acceptors (Lipinski definition) is 4. The van der Waals surface area contributed by atoms with Crippen LogP contribution in [0.5, 0.6) is 5.75 Å². The van der Waals surface area contributed by atoms with Gasteiger partial charge in [-0.15, -0.1) is 0 Å². The summed E-state index contributed by atoms with van der Waals surface area (Å²) in [6.45, 7) is 5.80. The molecule has 0 aromatic heterocycles. The SMILES string of the molecule is CCOC(CNc1ccc(OC)c(Br)c1)OCC. The molecule has 1 aromatic rings. The topological polar surface area (TPSA) is 39.7 Å². The molecule has 0 aliphatic rings. The molecule has 0 unspecified atom stereocenters. The van der Waals surface area contributed by atoms with Crippen molar-refractivity contribution < 1.29 is 14.2 Å². The van der Waals surface area contributed by atoms with Crippen LogP contribution in [-0.4, -0.2) is 33.2 Å². The summed E-state index contributed by atoms with van der Waals surface area (Å²) in [5.41, 5.74) is 0.993. The van der Waals surface area contributed by atoms with E-state index < -0.39 is 0 Å². The minimum Gasteiger partial charge on any atom is -0.496 e. The van der Waals surface area contributed by atoms with E-state index in [0.717, 1.165) is 15.9 Å². The number of methoxy groups -OCH3 is 1. The number of anilines is 1. The van der Waals surface area contributed by atoms with Crippen molar-refractivity contribution in [1.82, 2.24) is 0 Å². The summed E-state index contributed by atoms with van der Waals surface area (Å²) in [4.78, 5) is 0. The Bertz CT molecular complexity index is 354. The lowest BCUT2D eigenvalue weighted by Gasteiger charge is -2.18. The van der Waals surface area contributed by atoms with Crippen molar-refractivity contribution in [2.45, 2.75) is 20.1 Å². The van der Waals surface area contributed by atoms with Crippen LogP contribution >= 0.6 is 15.9 Å². The molecule has 1 rings (SSSR count). The lowest BCUT2D eigenvalue weighted by Crippen LogP contribution is -2.26. The number of halogens is 1. The van der Waals surface area contributed by atoms with E-state index in [2.05, 4.69) is 21.2 Å².